The van der Waals surface area contributed by atoms with E-state index in [4.69, 9.17) is 0 Å². The van der Waals surface area contributed by atoms with Gasteiger partial charge in [-0.3, -0.25) is 0 Å². The first kappa shape index (κ1) is 13.6. The molecule has 2 rings (SSSR count). The molecule has 0 bridgehead atoms. The molecular weight excluding hydrogens is 253 g/mol. The van der Waals surface area contributed by atoms with E-state index in [1.54, 1.807) is 6.07 Å². The van der Waals surface area contributed by atoms with Crippen molar-refractivity contribution in [1.82, 2.24) is 0 Å². The minimum absolute atomic E-state index is 0.115. The molecule has 0 amide bonds. The Labute approximate surface area is 109 Å². The van der Waals surface area contributed by atoms with Crippen LogP contribution in [0.2, 0.25) is 0 Å². The average Bonchev–Trinajstić information content (AvgIpc) is 2.39. The Balaban J connectivity index is 2.26. The van der Waals surface area contributed by atoms with Gasteiger partial charge < -0.3 is 5.11 Å². The van der Waals surface area contributed by atoms with Gasteiger partial charge in [0.05, 0.1) is 6.61 Å². The number of aliphatic hydroxyl groups is 1. The molecule has 0 aromatic heterocycles. The van der Waals surface area contributed by atoms with Crippen molar-refractivity contribution in [2.24, 2.45) is 0 Å². The third-order valence-electron chi connectivity index (χ3n) is 3.01. The second kappa shape index (κ2) is 5.89. The van der Waals surface area contributed by atoms with Crippen LogP contribution in [0.1, 0.15) is 17.0 Å². The molecule has 0 radical (unpaired) electrons. The molecule has 0 spiro atoms. The molecule has 0 saturated carbocycles. The third-order valence-corrected chi connectivity index (χ3v) is 3.01. The lowest BCUT2D eigenvalue weighted by atomic mass is 9.92. The highest BCUT2D eigenvalue weighted by Gasteiger charge is 2.15. The van der Waals surface area contributed by atoms with Crippen LogP contribution in [0.3, 0.4) is 0 Å². The molecule has 2 aromatic rings. The summed E-state index contributed by atoms with van der Waals surface area (Å²) in [6, 6.07) is 8.94. The van der Waals surface area contributed by atoms with Crippen LogP contribution in [0, 0.1) is 17.5 Å². The van der Waals surface area contributed by atoms with Gasteiger partial charge >= 0.3 is 0 Å². The second-order valence-corrected chi connectivity index (χ2v) is 4.37. The molecule has 0 aliphatic rings. The summed E-state index contributed by atoms with van der Waals surface area (Å²) in [4.78, 5) is 0. The fourth-order valence-corrected chi connectivity index (χ4v) is 2.01. The Morgan fingerprint density at radius 3 is 2.37 bits per heavy atom. The van der Waals surface area contributed by atoms with Crippen LogP contribution in [0.5, 0.6) is 0 Å². The minimum Gasteiger partial charge on any atom is -0.396 e. The maximum atomic E-state index is 13.5. The number of hydrogen-bond donors (Lipinski definition) is 1. The third kappa shape index (κ3) is 3.35. The first-order valence-corrected chi connectivity index (χ1v) is 5.90. The zero-order valence-electron chi connectivity index (χ0n) is 10.1. The molecule has 4 heteroatoms. The van der Waals surface area contributed by atoms with Crippen LogP contribution in [-0.4, -0.2) is 11.7 Å². The van der Waals surface area contributed by atoms with Crippen LogP contribution in [-0.2, 0) is 6.42 Å². The fraction of sp³-hybridized carbons (Fsp3) is 0.200. The van der Waals surface area contributed by atoms with E-state index >= 15 is 0 Å². The Hall–Kier alpha value is -1.81. The summed E-state index contributed by atoms with van der Waals surface area (Å²) in [5, 5.41) is 9.35. The number of rotatable bonds is 4. The topological polar surface area (TPSA) is 20.2 Å². The summed E-state index contributed by atoms with van der Waals surface area (Å²) < 4.78 is 39.7. The van der Waals surface area contributed by atoms with E-state index in [0.29, 0.717) is 5.56 Å². The van der Waals surface area contributed by atoms with Crippen LogP contribution in [0.25, 0.3) is 0 Å². The van der Waals surface area contributed by atoms with Crippen LogP contribution >= 0.6 is 0 Å². The fourth-order valence-electron chi connectivity index (χ4n) is 2.01. The van der Waals surface area contributed by atoms with Gasteiger partial charge in [-0.15, -0.1) is 0 Å². The lowest BCUT2D eigenvalue weighted by Crippen LogP contribution is -2.09. The number of hydrogen-bond acceptors (Lipinski definition) is 1. The molecule has 0 aliphatic carbocycles. The molecule has 0 heterocycles. The largest absolute Gasteiger partial charge is 0.396 e. The minimum atomic E-state index is -0.535. The SMILES string of the molecule is OCC(Cc1cc(F)ccc1F)c1cccc(F)c1. The molecule has 100 valence electrons. The molecular formula is C15H13F3O. The number of aliphatic hydroxyl groups excluding tert-OH is 1. The van der Waals surface area contributed by atoms with Gasteiger partial charge in [-0.1, -0.05) is 12.1 Å². The molecule has 1 nitrogen and oxygen atoms in total. The van der Waals surface area contributed by atoms with Gasteiger partial charge in [0.25, 0.3) is 0 Å². The standard InChI is InChI=1S/C15H13F3O/c16-13-3-1-2-10(7-13)12(9-19)6-11-8-14(17)4-5-15(11)18/h1-5,7-8,12,19H,6,9H2. The van der Waals surface area contributed by atoms with Crippen molar-refractivity contribution in [1.29, 1.82) is 0 Å². The van der Waals surface area contributed by atoms with Crippen molar-refractivity contribution in [3.05, 3.63) is 71.0 Å². The molecule has 1 unspecified atom stereocenters. The smallest absolute Gasteiger partial charge is 0.126 e. The molecule has 0 saturated heterocycles. The molecule has 0 fully saturated rings. The monoisotopic (exact) mass is 266 g/mol. The van der Waals surface area contributed by atoms with E-state index in [-0.39, 0.29) is 18.6 Å². The Bertz CT molecular complexity index is 569. The van der Waals surface area contributed by atoms with Gasteiger partial charge in [0, 0.05) is 5.92 Å². The van der Waals surface area contributed by atoms with E-state index < -0.39 is 23.4 Å². The van der Waals surface area contributed by atoms with Crippen molar-refractivity contribution < 1.29 is 18.3 Å². The molecule has 2 aromatic carbocycles. The average molecular weight is 266 g/mol. The van der Waals surface area contributed by atoms with E-state index in [9.17, 15) is 18.3 Å². The van der Waals surface area contributed by atoms with E-state index in [1.165, 1.54) is 18.2 Å². The molecule has 19 heavy (non-hydrogen) atoms. The van der Waals surface area contributed by atoms with Gasteiger partial charge in [0.2, 0.25) is 0 Å². The predicted octanol–water partition coefficient (Wildman–Crippen LogP) is 3.42. The van der Waals surface area contributed by atoms with E-state index in [0.717, 1.165) is 18.2 Å². The summed E-state index contributed by atoms with van der Waals surface area (Å²) in [6.07, 6.45) is 0.115. The molecule has 1 N–H and O–H groups in total. The molecule has 1 atom stereocenters. The lowest BCUT2D eigenvalue weighted by molar-refractivity contribution is 0.263. The van der Waals surface area contributed by atoms with Crippen molar-refractivity contribution >= 4 is 0 Å². The highest BCUT2D eigenvalue weighted by Crippen LogP contribution is 2.23. The first-order valence-electron chi connectivity index (χ1n) is 5.90. The predicted molar refractivity (Wildman–Crippen MR) is 66.3 cm³/mol. The highest BCUT2D eigenvalue weighted by atomic mass is 19.1. The van der Waals surface area contributed by atoms with Gasteiger partial charge in [0.1, 0.15) is 17.5 Å². The normalized spacial score (nSPS) is 12.4. The summed E-state index contributed by atoms with van der Waals surface area (Å²) in [7, 11) is 0. The van der Waals surface area contributed by atoms with Crippen molar-refractivity contribution in [3.63, 3.8) is 0 Å². The van der Waals surface area contributed by atoms with Crippen LogP contribution in [0.15, 0.2) is 42.5 Å². The maximum Gasteiger partial charge on any atom is 0.126 e. The first-order chi connectivity index (χ1) is 9.10. The lowest BCUT2D eigenvalue weighted by Gasteiger charge is -2.15. The summed E-state index contributed by atoms with van der Waals surface area (Å²) in [5.41, 5.74) is 0.731. The Kier molecular flexibility index (Phi) is 4.22. The van der Waals surface area contributed by atoms with Crippen molar-refractivity contribution in [3.8, 4) is 0 Å². The Morgan fingerprint density at radius 2 is 1.68 bits per heavy atom. The van der Waals surface area contributed by atoms with Gasteiger partial charge in [0.15, 0.2) is 0 Å². The summed E-state index contributed by atoms with van der Waals surface area (Å²) >= 11 is 0. The summed E-state index contributed by atoms with van der Waals surface area (Å²) in [5.74, 6) is -1.95. The Morgan fingerprint density at radius 1 is 0.947 bits per heavy atom. The van der Waals surface area contributed by atoms with Crippen LogP contribution in [0.4, 0.5) is 13.2 Å². The zero-order chi connectivity index (χ0) is 13.8. The van der Waals surface area contributed by atoms with Crippen molar-refractivity contribution in [2.45, 2.75) is 12.3 Å². The van der Waals surface area contributed by atoms with Crippen molar-refractivity contribution in [2.75, 3.05) is 6.61 Å². The van der Waals surface area contributed by atoms with Gasteiger partial charge in [-0.2, -0.15) is 0 Å². The number of halogens is 3. The maximum absolute atomic E-state index is 13.5. The second-order valence-electron chi connectivity index (χ2n) is 4.37. The van der Waals surface area contributed by atoms with Gasteiger partial charge in [-0.25, -0.2) is 13.2 Å². The van der Waals surface area contributed by atoms with E-state index in [2.05, 4.69) is 0 Å². The zero-order valence-corrected chi connectivity index (χ0v) is 10.1. The summed E-state index contributed by atoms with van der Waals surface area (Å²) in [6.45, 7) is -0.264. The van der Waals surface area contributed by atoms with E-state index in [1.807, 2.05) is 0 Å². The van der Waals surface area contributed by atoms with Gasteiger partial charge in [-0.05, 0) is 47.9 Å². The quantitative estimate of drug-likeness (QED) is 0.899. The number of benzene rings is 2. The molecule has 0 aliphatic heterocycles. The highest BCUT2D eigenvalue weighted by molar-refractivity contribution is 5.26. The van der Waals surface area contributed by atoms with Crippen LogP contribution < -0.4 is 0 Å².